The topological polar surface area (TPSA) is 42.2 Å². The molecule has 0 spiro atoms. The van der Waals surface area contributed by atoms with E-state index in [1.54, 1.807) is 12.1 Å². The molecule has 0 radical (unpaired) electrons. The number of halogens is 1. The molecule has 116 valence electrons. The Balaban J connectivity index is 1.76. The molecule has 0 unspecified atom stereocenters. The SMILES string of the molecule is O=c1oc2cc(Nc3ccc(F)cc3)ccc2c2c1CCCC2. The van der Waals surface area contributed by atoms with Gasteiger partial charge in [0.2, 0.25) is 0 Å². The van der Waals surface area contributed by atoms with Gasteiger partial charge in [0.15, 0.2) is 0 Å². The minimum absolute atomic E-state index is 0.217. The van der Waals surface area contributed by atoms with Crippen molar-refractivity contribution in [2.24, 2.45) is 0 Å². The van der Waals surface area contributed by atoms with E-state index in [1.165, 1.54) is 12.1 Å². The number of fused-ring (bicyclic) bond motifs is 3. The Bertz CT molecular complexity index is 928. The van der Waals surface area contributed by atoms with E-state index >= 15 is 0 Å². The molecule has 4 heteroatoms. The van der Waals surface area contributed by atoms with E-state index in [4.69, 9.17) is 4.42 Å². The summed E-state index contributed by atoms with van der Waals surface area (Å²) >= 11 is 0. The van der Waals surface area contributed by atoms with Crippen molar-refractivity contribution < 1.29 is 8.81 Å². The molecule has 0 saturated heterocycles. The molecule has 1 aromatic heterocycles. The smallest absolute Gasteiger partial charge is 0.339 e. The molecule has 0 aliphatic heterocycles. The number of hydrogen-bond acceptors (Lipinski definition) is 3. The van der Waals surface area contributed by atoms with Crippen LogP contribution in [0.4, 0.5) is 15.8 Å². The van der Waals surface area contributed by atoms with Gasteiger partial charge in [-0.2, -0.15) is 0 Å². The third-order valence-corrected chi connectivity index (χ3v) is 4.36. The Hall–Kier alpha value is -2.62. The second-order valence-corrected chi connectivity index (χ2v) is 5.90. The number of hydrogen-bond donors (Lipinski definition) is 1. The highest BCUT2D eigenvalue weighted by Gasteiger charge is 2.17. The first-order valence-electron chi connectivity index (χ1n) is 7.82. The second kappa shape index (κ2) is 5.54. The molecule has 3 nitrogen and oxygen atoms in total. The van der Waals surface area contributed by atoms with Crippen molar-refractivity contribution in [1.29, 1.82) is 0 Å². The fourth-order valence-corrected chi connectivity index (χ4v) is 3.22. The summed E-state index contributed by atoms with van der Waals surface area (Å²) in [6.45, 7) is 0. The van der Waals surface area contributed by atoms with Crippen LogP contribution in [0.1, 0.15) is 24.0 Å². The summed E-state index contributed by atoms with van der Waals surface area (Å²) < 4.78 is 18.5. The summed E-state index contributed by atoms with van der Waals surface area (Å²) in [5, 5.41) is 4.21. The first-order valence-corrected chi connectivity index (χ1v) is 7.82. The van der Waals surface area contributed by atoms with E-state index in [-0.39, 0.29) is 11.4 Å². The van der Waals surface area contributed by atoms with Gasteiger partial charge in [-0.25, -0.2) is 9.18 Å². The van der Waals surface area contributed by atoms with Crippen LogP contribution in [0, 0.1) is 5.82 Å². The fraction of sp³-hybridized carbons (Fsp3) is 0.211. The van der Waals surface area contributed by atoms with Crippen LogP contribution in [0.5, 0.6) is 0 Å². The van der Waals surface area contributed by atoms with Gasteiger partial charge in [0, 0.05) is 28.4 Å². The van der Waals surface area contributed by atoms with Crippen molar-refractivity contribution in [2.45, 2.75) is 25.7 Å². The third-order valence-electron chi connectivity index (χ3n) is 4.36. The molecule has 3 aromatic rings. The van der Waals surface area contributed by atoms with Crippen LogP contribution in [0.3, 0.4) is 0 Å². The van der Waals surface area contributed by atoms with Gasteiger partial charge in [0.05, 0.1) is 0 Å². The standard InChI is InChI=1S/C19H16FNO2/c20-12-5-7-13(8-6-12)21-14-9-10-16-15-3-1-2-4-17(15)19(22)23-18(16)11-14/h5-11,21H,1-4H2. The molecule has 0 atom stereocenters. The van der Waals surface area contributed by atoms with Crippen molar-refractivity contribution in [3.63, 3.8) is 0 Å². The van der Waals surface area contributed by atoms with Gasteiger partial charge >= 0.3 is 5.63 Å². The average molecular weight is 309 g/mol. The molecule has 1 heterocycles. The first kappa shape index (κ1) is 14.0. The molecular formula is C19H16FNO2. The van der Waals surface area contributed by atoms with Crippen LogP contribution in [0.25, 0.3) is 11.0 Å². The zero-order valence-corrected chi connectivity index (χ0v) is 12.6. The van der Waals surface area contributed by atoms with Gasteiger partial charge in [0.1, 0.15) is 11.4 Å². The molecule has 0 saturated carbocycles. The van der Waals surface area contributed by atoms with E-state index in [0.29, 0.717) is 5.58 Å². The lowest BCUT2D eigenvalue weighted by atomic mass is 9.90. The Labute approximate surface area is 132 Å². The molecule has 1 N–H and O–H groups in total. The molecule has 0 fully saturated rings. The van der Waals surface area contributed by atoms with Crippen molar-refractivity contribution in [2.75, 3.05) is 5.32 Å². The quantitative estimate of drug-likeness (QED) is 0.706. The summed E-state index contributed by atoms with van der Waals surface area (Å²) in [6, 6.07) is 11.9. The highest BCUT2D eigenvalue weighted by Crippen LogP contribution is 2.29. The van der Waals surface area contributed by atoms with Gasteiger partial charge in [-0.1, -0.05) is 0 Å². The summed E-state index contributed by atoms with van der Waals surface area (Å²) in [7, 11) is 0. The molecule has 2 aromatic carbocycles. The first-order chi connectivity index (χ1) is 11.2. The predicted octanol–water partition coefficient (Wildman–Crippen LogP) is 4.55. The minimum Gasteiger partial charge on any atom is -0.422 e. The summed E-state index contributed by atoms with van der Waals surface area (Å²) in [6.07, 6.45) is 3.90. The van der Waals surface area contributed by atoms with Crippen molar-refractivity contribution in [3.8, 4) is 0 Å². The van der Waals surface area contributed by atoms with Crippen molar-refractivity contribution in [3.05, 3.63) is 69.8 Å². The average Bonchev–Trinajstić information content (AvgIpc) is 2.57. The molecule has 1 aliphatic carbocycles. The number of benzene rings is 2. The number of aryl methyl sites for hydroxylation is 1. The zero-order chi connectivity index (χ0) is 15.8. The van der Waals surface area contributed by atoms with Gasteiger partial charge in [-0.15, -0.1) is 0 Å². The van der Waals surface area contributed by atoms with Crippen LogP contribution in [0.15, 0.2) is 51.7 Å². The zero-order valence-electron chi connectivity index (χ0n) is 12.6. The normalized spacial score (nSPS) is 13.8. The second-order valence-electron chi connectivity index (χ2n) is 5.90. The van der Waals surface area contributed by atoms with Gasteiger partial charge in [0.25, 0.3) is 0 Å². The highest BCUT2D eigenvalue weighted by molar-refractivity contribution is 5.85. The summed E-state index contributed by atoms with van der Waals surface area (Å²) in [5.41, 5.74) is 3.95. The van der Waals surface area contributed by atoms with E-state index in [2.05, 4.69) is 5.32 Å². The van der Waals surface area contributed by atoms with Gasteiger partial charge < -0.3 is 9.73 Å². The van der Waals surface area contributed by atoms with Crippen LogP contribution >= 0.6 is 0 Å². The predicted molar refractivity (Wildman–Crippen MR) is 88.8 cm³/mol. The monoisotopic (exact) mass is 309 g/mol. The largest absolute Gasteiger partial charge is 0.422 e. The van der Waals surface area contributed by atoms with Crippen LogP contribution < -0.4 is 10.9 Å². The highest BCUT2D eigenvalue weighted by atomic mass is 19.1. The maximum Gasteiger partial charge on any atom is 0.339 e. The fourth-order valence-electron chi connectivity index (χ4n) is 3.22. The number of nitrogens with one attached hydrogen (secondary N) is 1. The Morgan fingerprint density at radius 3 is 2.39 bits per heavy atom. The summed E-state index contributed by atoms with van der Waals surface area (Å²) in [5.74, 6) is -0.272. The van der Waals surface area contributed by atoms with E-state index in [9.17, 15) is 9.18 Å². The molecule has 0 amide bonds. The molecule has 1 aliphatic rings. The van der Waals surface area contributed by atoms with Gasteiger partial charge in [-0.05, 0) is 67.6 Å². The molecule has 4 rings (SSSR count). The van der Waals surface area contributed by atoms with Crippen LogP contribution in [-0.2, 0) is 12.8 Å². The van der Waals surface area contributed by atoms with E-state index in [0.717, 1.165) is 53.6 Å². The Kier molecular flexibility index (Phi) is 3.37. The van der Waals surface area contributed by atoms with E-state index in [1.807, 2.05) is 18.2 Å². The molecular weight excluding hydrogens is 293 g/mol. The lowest BCUT2D eigenvalue weighted by Gasteiger charge is -2.16. The Morgan fingerprint density at radius 2 is 1.61 bits per heavy atom. The molecule has 0 bridgehead atoms. The van der Waals surface area contributed by atoms with E-state index < -0.39 is 0 Å². The van der Waals surface area contributed by atoms with Crippen molar-refractivity contribution in [1.82, 2.24) is 0 Å². The maximum absolute atomic E-state index is 13.0. The Morgan fingerprint density at radius 1 is 0.913 bits per heavy atom. The lowest BCUT2D eigenvalue weighted by Crippen LogP contribution is -2.15. The van der Waals surface area contributed by atoms with Crippen LogP contribution in [-0.4, -0.2) is 0 Å². The lowest BCUT2D eigenvalue weighted by molar-refractivity contribution is 0.534. The van der Waals surface area contributed by atoms with Crippen LogP contribution in [0.2, 0.25) is 0 Å². The van der Waals surface area contributed by atoms with Crippen molar-refractivity contribution >= 4 is 22.3 Å². The maximum atomic E-state index is 13.0. The number of anilines is 2. The minimum atomic E-state index is -0.272. The summed E-state index contributed by atoms with van der Waals surface area (Å²) in [4.78, 5) is 12.2. The van der Waals surface area contributed by atoms with Gasteiger partial charge in [-0.3, -0.25) is 0 Å². The third kappa shape index (κ3) is 2.61. The molecule has 23 heavy (non-hydrogen) atoms. The number of rotatable bonds is 2.